The molecule has 8 rings (SSSR count). The van der Waals surface area contributed by atoms with Crippen LogP contribution in [-0.4, -0.2) is 57.3 Å². The lowest BCUT2D eigenvalue weighted by Crippen LogP contribution is -2.19. The second-order valence-corrected chi connectivity index (χ2v) is 13.5. The van der Waals surface area contributed by atoms with E-state index in [0.29, 0.717) is 44.3 Å². The molecule has 0 saturated carbocycles. The third-order valence-corrected chi connectivity index (χ3v) is 9.77. The molecule has 0 aliphatic heterocycles. The van der Waals surface area contributed by atoms with E-state index in [1.54, 1.807) is 50.2 Å². The van der Waals surface area contributed by atoms with Crippen LogP contribution in [0.5, 0.6) is 23.0 Å². The fourth-order valence-corrected chi connectivity index (χ4v) is 7.21. The summed E-state index contributed by atoms with van der Waals surface area (Å²) in [5, 5.41) is 22.3. The fourth-order valence-electron chi connectivity index (χ4n) is 7.21. The van der Waals surface area contributed by atoms with E-state index in [9.17, 15) is 29.4 Å². The summed E-state index contributed by atoms with van der Waals surface area (Å²) in [5.74, 6) is -4.51. The second kappa shape index (κ2) is 16.0. The maximum Gasteiger partial charge on any atom is 0.347 e. The Morgan fingerprint density at radius 2 is 0.932 bits per heavy atom. The van der Waals surface area contributed by atoms with Gasteiger partial charge in [-0.05, 0) is 73.5 Å². The summed E-state index contributed by atoms with van der Waals surface area (Å²) in [5.41, 5.74) is 1.61. The van der Waals surface area contributed by atoms with Crippen LogP contribution in [0.15, 0.2) is 109 Å². The van der Waals surface area contributed by atoms with Crippen LogP contribution >= 0.6 is 0 Å². The Hall–Kier alpha value is -7.80. The number of hydrogen-bond acceptors (Lipinski definition) is 9. The molecule has 2 heterocycles. The van der Waals surface area contributed by atoms with Crippen molar-refractivity contribution < 1.29 is 53.1 Å². The van der Waals surface area contributed by atoms with Crippen LogP contribution in [-0.2, 0) is 18.0 Å². The van der Waals surface area contributed by atoms with Crippen molar-refractivity contribution in [3.05, 3.63) is 143 Å². The monoisotopic (exact) mass is 792 g/mol. The lowest BCUT2D eigenvalue weighted by atomic mass is 9.98. The number of aromatic amines is 2. The van der Waals surface area contributed by atoms with Gasteiger partial charge in [-0.2, -0.15) is 0 Å². The zero-order chi connectivity index (χ0) is 41.2. The first-order valence-corrected chi connectivity index (χ1v) is 18.7. The Morgan fingerprint density at radius 3 is 1.31 bits per heavy atom. The number of benzene rings is 6. The molecule has 0 saturated heterocycles. The van der Waals surface area contributed by atoms with Gasteiger partial charge in [-0.1, -0.05) is 60.7 Å². The van der Waals surface area contributed by atoms with Crippen molar-refractivity contribution in [2.24, 2.45) is 0 Å². The average Bonchev–Trinajstić information content (AvgIpc) is 3.81. The first-order chi connectivity index (χ1) is 28.6. The van der Waals surface area contributed by atoms with E-state index in [4.69, 9.17) is 23.7 Å². The van der Waals surface area contributed by atoms with E-state index in [1.807, 2.05) is 60.7 Å². The van der Waals surface area contributed by atoms with Crippen molar-refractivity contribution in [2.45, 2.75) is 27.1 Å². The molecule has 13 heteroatoms. The number of fused-ring (bicyclic) bond motifs is 6. The van der Waals surface area contributed by atoms with Gasteiger partial charge in [-0.15, -0.1) is 0 Å². The normalized spacial score (nSPS) is 11.2. The highest BCUT2D eigenvalue weighted by Crippen LogP contribution is 2.41. The number of carboxylic acid groups (broad SMARTS) is 2. The highest BCUT2D eigenvalue weighted by Gasteiger charge is 2.32. The molecule has 0 atom stereocenters. The molecule has 0 fully saturated rings. The number of nitrogens with one attached hydrogen (secondary N) is 2. The van der Waals surface area contributed by atoms with Crippen LogP contribution in [0.1, 0.15) is 66.4 Å². The van der Waals surface area contributed by atoms with Crippen LogP contribution in [0.4, 0.5) is 0 Å². The summed E-state index contributed by atoms with van der Waals surface area (Å²) < 4.78 is 29.2. The highest BCUT2D eigenvalue weighted by atomic mass is 16.6. The zero-order valence-corrected chi connectivity index (χ0v) is 31.8. The van der Waals surface area contributed by atoms with Gasteiger partial charge < -0.3 is 43.9 Å². The summed E-state index contributed by atoms with van der Waals surface area (Å²) >= 11 is 0. The Balaban J connectivity index is 1.21. The minimum Gasteiger partial charge on any atom is -0.492 e. The zero-order valence-electron chi connectivity index (χ0n) is 31.8. The van der Waals surface area contributed by atoms with E-state index in [0.717, 1.165) is 11.1 Å². The molecule has 0 unspecified atom stereocenters. The summed E-state index contributed by atoms with van der Waals surface area (Å²) in [4.78, 5) is 60.7. The van der Waals surface area contributed by atoms with E-state index >= 15 is 0 Å². The third-order valence-electron chi connectivity index (χ3n) is 9.77. The van der Waals surface area contributed by atoms with Crippen molar-refractivity contribution in [1.82, 2.24) is 9.97 Å². The highest BCUT2D eigenvalue weighted by molar-refractivity contribution is 6.25. The van der Waals surface area contributed by atoms with E-state index in [-0.39, 0.29) is 48.7 Å². The van der Waals surface area contributed by atoms with Crippen molar-refractivity contribution in [3.8, 4) is 23.0 Å². The molecule has 59 heavy (non-hydrogen) atoms. The number of rotatable bonds is 14. The maximum absolute atomic E-state index is 14.1. The molecule has 8 aromatic rings. The molecule has 13 nitrogen and oxygen atoms in total. The van der Waals surface area contributed by atoms with Crippen molar-refractivity contribution in [1.29, 1.82) is 0 Å². The SMILES string of the molecule is CCOc1cc(C(=O)OC(=O)c2cc(OCC)c3[nH]c4ccc(OCc5ccccc5)cc4c3c2C(=O)O)c(C(=O)O)c2c1[nH]c1ccc(OCc3ccccc3)cc12. The molecule has 0 aliphatic rings. The summed E-state index contributed by atoms with van der Waals surface area (Å²) in [6, 6.07) is 31.6. The fraction of sp³-hybridized carbons (Fsp3) is 0.130. The van der Waals surface area contributed by atoms with Gasteiger partial charge in [0.2, 0.25) is 0 Å². The largest absolute Gasteiger partial charge is 0.492 e. The van der Waals surface area contributed by atoms with Gasteiger partial charge >= 0.3 is 23.9 Å². The second-order valence-electron chi connectivity index (χ2n) is 13.5. The number of ether oxygens (including phenoxy) is 5. The van der Waals surface area contributed by atoms with Gasteiger partial charge in [0.05, 0.1) is 46.5 Å². The van der Waals surface area contributed by atoms with Gasteiger partial charge in [0.1, 0.15) is 36.2 Å². The summed E-state index contributed by atoms with van der Waals surface area (Å²) in [6.45, 7) is 4.25. The van der Waals surface area contributed by atoms with E-state index in [1.165, 1.54) is 12.1 Å². The number of esters is 2. The van der Waals surface area contributed by atoms with Gasteiger partial charge in [-0.25, -0.2) is 19.2 Å². The maximum atomic E-state index is 14.1. The standard InChI is InChI=1S/C46H36N2O11/c1-3-55-35-21-31(39(43(49)50)37-29-19-27(15-17-33(29)47-41(35)37)57-23-25-11-7-5-8-12-25)45(53)59-46(54)32-22-36(56-4-2)42-38(40(32)44(51)52)30-20-28(16-18-34(30)48-42)58-24-26-13-9-6-10-14-26/h5-22,47-48H,3-4,23-24H2,1-2H3,(H,49,50)(H,51,52). The molecule has 0 bridgehead atoms. The molecule has 0 aliphatic carbocycles. The number of carbonyl (C=O) groups is 4. The Morgan fingerprint density at radius 1 is 0.525 bits per heavy atom. The van der Waals surface area contributed by atoms with E-state index < -0.39 is 46.1 Å². The van der Waals surface area contributed by atoms with Crippen LogP contribution in [0.3, 0.4) is 0 Å². The molecular formula is C46H36N2O11. The number of H-pyrrole nitrogens is 2. The minimum atomic E-state index is -1.48. The Bertz CT molecular complexity index is 2730. The summed E-state index contributed by atoms with van der Waals surface area (Å²) in [7, 11) is 0. The van der Waals surface area contributed by atoms with Crippen LogP contribution in [0.2, 0.25) is 0 Å². The van der Waals surface area contributed by atoms with Gasteiger partial charge in [0, 0.05) is 32.6 Å². The quantitative estimate of drug-likeness (QED) is 0.0607. The molecule has 2 aromatic heterocycles. The van der Waals surface area contributed by atoms with Crippen LogP contribution in [0, 0.1) is 0 Å². The topological polar surface area (TPSA) is 186 Å². The Kier molecular flexibility index (Phi) is 10.3. The number of aromatic nitrogens is 2. The molecule has 0 radical (unpaired) electrons. The molecule has 0 amide bonds. The van der Waals surface area contributed by atoms with Crippen molar-refractivity contribution >= 4 is 67.5 Å². The Labute approximate surface area is 335 Å². The molecule has 0 spiro atoms. The predicted molar refractivity (Wildman–Crippen MR) is 219 cm³/mol. The summed E-state index contributed by atoms with van der Waals surface area (Å²) in [6.07, 6.45) is 0. The number of carbonyl (C=O) groups excluding carboxylic acids is 2. The molecular weight excluding hydrogens is 757 g/mol. The van der Waals surface area contributed by atoms with Crippen molar-refractivity contribution in [3.63, 3.8) is 0 Å². The first-order valence-electron chi connectivity index (χ1n) is 18.7. The molecule has 6 aromatic carbocycles. The molecule has 4 N–H and O–H groups in total. The smallest absolute Gasteiger partial charge is 0.347 e. The van der Waals surface area contributed by atoms with Crippen LogP contribution < -0.4 is 18.9 Å². The third kappa shape index (κ3) is 7.32. The van der Waals surface area contributed by atoms with Gasteiger partial charge in [0.25, 0.3) is 0 Å². The first kappa shape index (κ1) is 38.1. The molecule has 296 valence electrons. The van der Waals surface area contributed by atoms with E-state index in [2.05, 4.69) is 9.97 Å². The minimum absolute atomic E-state index is 0.123. The lowest BCUT2D eigenvalue weighted by molar-refractivity contribution is 0.0386. The van der Waals surface area contributed by atoms with Crippen LogP contribution in [0.25, 0.3) is 43.6 Å². The lowest BCUT2D eigenvalue weighted by Gasteiger charge is -2.14. The van der Waals surface area contributed by atoms with Gasteiger partial charge in [0.15, 0.2) is 0 Å². The number of hydrogen-bond donors (Lipinski definition) is 4. The van der Waals surface area contributed by atoms with Crippen molar-refractivity contribution in [2.75, 3.05) is 13.2 Å². The predicted octanol–water partition coefficient (Wildman–Crippen LogP) is 9.30. The number of carboxylic acids is 2. The average molecular weight is 793 g/mol. The number of aromatic carboxylic acids is 2. The van der Waals surface area contributed by atoms with Gasteiger partial charge in [-0.3, -0.25) is 0 Å².